The zero-order chi connectivity index (χ0) is 26.8. The molecule has 3 rings (SSSR count). The first kappa shape index (κ1) is 27.3. The van der Waals surface area contributed by atoms with Crippen LogP contribution in [0.1, 0.15) is 78.9 Å². The van der Waals surface area contributed by atoms with Gasteiger partial charge in [0.05, 0.1) is 17.9 Å². The van der Waals surface area contributed by atoms with Crippen molar-refractivity contribution in [1.29, 1.82) is 0 Å². The molecule has 194 valence electrons. The van der Waals surface area contributed by atoms with Gasteiger partial charge in [-0.3, -0.25) is 4.90 Å². The van der Waals surface area contributed by atoms with E-state index in [9.17, 15) is 4.79 Å². The minimum absolute atomic E-state index is 0.126. The summed E-state index contributed by atoms with van der Waals surface area (Å²) < 4.78 is 11.7. The molecule has 1 aromatic heterocycles. The Balaban J connectivity index is 1.82. The van der Waals surface area contributed by atoms with Gasteiger partial charge in [-0.25, -0.2) is 9.78 Å². The highest BCUT2D eigenvalue weighted by Gasteiger charge is 2.39. The maximum Gasteiger partial charge on any atom is 0.410 e. The van der Waals surface area contributed by atoms with Crippen molar-refractivity contribution in [3.8, 4) is 0 Å². The predicted octanol–water partition coefficient (Wildman–Crippen LogP) is 7.44. The maximum absolute atomic E-state index is 12.9. The topological polar surface area (TPSA) is 67.4 Å². The van der Waals surface area contributed by atoms with E-state index >= 15 is 0 Å². The summed E-state index contributed by atoms with van der Waals surface area (Å²) in [7, 11) is 0. The van der Waals surface area contributed by atoms with E-state index in [1.54, 1.807) is 0 Å². The van der Waals surface area contributed by atoms with E-state index in [0.29, 0.717) is 19.1 Å². The smallest absolute Gasteiger partial charge is 0.410 e. The van der Waals surface area contributed by atoms with Gasteiger partial charge in [0.15, 0.2) is 0 Å². The van der Waals surface area contributed by atoms with E-state index in [1.807, 2.05) is 51.8 Å². The van der Waals surface area contributed by atoms with Crippen molar-refractivity contribution in [2.45, 2.75) is 73.0 Å². The summed E-state index contributed by atoms with van der Waals surface area (Å²) >= 11 is 0. The SMILES string of the molecule is C=C(C)C(=C)/C=C1/OCC(/C=C(\C)c2cnc(C3CC(CC)CN3C(=O)OC(C)(C)C)[nH]2)=C(C)C1=C. The number of nitrogens with one attached hydrogen (secondary N) is 1. The molecule has 0 aliphatic carbocycles. The molecule has 1 aromatic rings. The van der Waals surface area contributed by atoms with Crippen LogP contribution in [0.4, 0.5) is 4.79 Å². The number of imidazole rings is 1. The number of ether oxygens (including phenoxy) is 2. The van der Waals surface area contributed by atoms with Gasteiger partial charge in [-0.05, 0) is 82.2 Å². The van der Waals surface area contributed by atoms with Crippen molar-refractivity contribution < 1.29 is 14.3 Å². The number of amides is 1. The van der Waals surface area contributed by atoms with Gasteiger partial charge in [-0.15, -0.1) is 0 Å². The first-order valence-corrected chi connectivity index (χ1v) is 12.6. The van der Waals surface area contributed by atoms with Crippen molar-refractivity contribution in [2.24, 2.45) is 5.92 Å². The molecule has 0 radical (unpaired) electrons. The number of likely N-dealkylation sites (tertiary alicyclic amines) is 1. The van der Waals surface area contributed by atoms with E-state index in [4.69, 9.17) is 9.47 Å². The minimum atomic E-state index is -0.538. The molecule has 0 spiro atoms. The highest BCUT2D eigenvalue weighted by atomic mass is 16.6. The molecule has 1 fully saturated rings. The normalized spacial score (nSPS) is 22.2. The second-order valence-electron chi connectivity index (χ2n) is 10.9. The molecule has 0 bridgehead atoms. The summed E-state index contributed by atoms with van der Waals surface area (Å²) in [5.74, 6) is 1.94. The summed E-state index contributed by atoms with van der Waals surface area (Å²) in [6.45, 7) is 27.2. The van der Waals surface area contributed by atoms with Gasteiger partial charge in [0, 0.05) is 12.1 Å². The number of hydrogen-bond donors (Lipinski definition) is 1. The van der Waals surface area contributed by atoms with E-state index in [2.05, 4.69) is 49.6 Å². The van der Waals surface area contributed by atoms with Crippen molar-refractivity contribution in [3.63, 3.8) is 0 Å². The van der Waals surface area contributed by atoms with Crippen molar-refractivity contribution in [1.82, 2.24) is 14.9 Å². The molecule has 1 amide bonds. The average molecular weight is 492 g/mol. The van der Waals surface area contributed by atoms with Gasteiger partial charge < -0.3 is 14.5 Å². The van der Waals surface area contributed by atoms with Crippen LogP contribution in [0.15, 0.2) is 71.7 Å². The number of nitrogens with zero attached hydrogens (tertiary/aromatic N) is 2. The number of H-pyrrole nitrogens is 1. The Morgan fingerprint density at radius 3 is 2.64 bits per heavy atom. The standard InChI is InChI=1S/C30H41N3O3/c1-11-23-14-26(33(16-23)29(34)36-30(8,9)10)28-31-15-25(32-28)20(5)12-24-17-35-27(22(7)21(24)6)13-19(4)18(2)3/h12-13,15,23,26H,2,4,7,11,14,16-17H2,1,3,5-6,8-10H3,(H,31,32)/b20-12+,27-13+. The molecule has 2 atom stereocenters. The first-order chi connectivity index (χ1) is 16.8. The lowest BCUT2D eigenvalue weighted by Crippen LogP contribution is -2.37. The van der Waals surface area contributed by atoms with E-state index in [1.165, 1.54) is 0 Å². The minimum Gasteiger partial charge on any atom is -0.488 e. The molecule has 2 aliphatic rings. The van der Waals surface area contributed by atoms with Gasteiger partial charge in [-0.1, -0.05) is 44.7 Å². The van der Waals surface area contributed by atoms with Crippen LogP contribution in [0, 0.1) is 5.92 Å². The van der Waals surface area contributed by atoms with Gasteiger partial charge in [0.1, 0.15) is 23.8 Å². The number of allylic oxidation sites excluding steroid dienone is 5. The van der Waals surface area contributed by atoms with Crippen LogP contribution in [-0.2, 0) is 9.47 Å². The molecule has 1 saturated heterocycles. The molecule has 1 N–H and O–H groups in total. The Labute approximate surface area is 216 Å². The molecule has 0 saturated carbocycles. The molecule has 2 aliphatic heterocycles. The molecule has 3 heterocycles. The van der Waals surface area contributed by atoms with Crippen LogP contribution in [0.25, 0.3) is 5.57 Å². The number of aromatic amines is 1. The third-order valence-corrected chi connectivity index (χ3v) is 6.79. The first-order valence-electron chi connectivity index (χ1n) is 12.6. The number of carbonyl (C=O) groups excluding carboxylic acids is 1. The largest absolute Gasteiger partial charge is 0.488 e. The summed E-state index contributed by atoms with van der Waals surface area (Å²) in [6.07, 6.45) is 7.43. The van der Waals surface area contributed by atoms with Crippen LogP contribution in [0.5, 0.6) is 0 Å². The van der Waals surface area contributed by atoms with E-state index < -0.39 is 5.60 Å². The molecular weight excluding hydrogens is 450 g/mol. The summed E-state index contributed by atoms with van der Waals surface area (Å²) in [4.78, 5) is 22.9. The van der Waals surface area contributed by atoms with Crippen LogP contribution in [0.3, 0.4) is 0 Å². The second-order valence-corrected chi connectivity index (χ2v) is 10.9. The van der Waals surface area contributed by atoms with Crippen LogP contribution >= 0.6 is 0 Å². The fraction of sp³-hybridized carbons (Fsp3) is 0.467. The van der Waals surface area contributed by atoms with E-state index in [-0.39, 0.29) is 12.1 Å². The predicted molar refractivity (Wildman–Crippen MR) is 146 cm³/mol. The molecule has 2 unspecified atom stereocenters. The lowest BCUT2D eigenvalue weighted by atomic mass is 9.95. The van der Waals surface area contributed by atoms with Gasteiger partial charge in [0.25, 0.3) is 0 Å². The van der Waals surface area contributed by atoms with E-state index in [0.717, 1.165) is 63.6 Å². The third-order valence-electron chi connectivity index (χ3n) is 6.79. The highest BCUT2D eigenvalue weighted by Crippen LogP contribution is 2.37. The zero-order valence-electron chi connectivity index (χ0n) is 23.0. The van der Waals surface area contributed by atoms with Crippen molar-refractivity contribution in [3.05, 3.63) is 83.2 Å². The Morgan fingerprint density at radius 2 is 2.03 bits per heavy atom. The van der Waals surface area contributed by atoms with Crippen molar-refractivity contribution in [2.75, 3.05) is 13.2 Å². The maximum atomic E-state index is 12.9. The fourth-order valence-electron chi connectivity index (χ4n) is 4.34. The monoisotopic (exact) mass is 491 g/mol. The van der Waals surface area contributed by atoms with Crippen LogP contribution in [0.2, 0.25) is 0 Å². The van der Waals surface area contributed by atoms with Crippen LogP contribution in [-0.4, -0.2) is 39.7 Å². The Bertz CT molecular complexity index is 1160. The Morgan fingerprint density at radius 1 is 1.33 bits per heavy atom. The Hall–Kier alpha value is -3.28. The zero-order valence-corrected chi connectivity index (χ0v) is 23.0. The lowest BCUT2D eigenvalue weighted by Gasteiger charge is -2.27. The molecule has 6 heteroatoms. The third kappa shape index (κ3) is 6.28. The molecule has 6 nitrogen and oxygen atoms in total. The number of carbonyl (C=O) groups is 1. The van der Waals surface area contributed by atoms with Gasteiger partial charge >= 0.3 is 6.09 Å². The highest BCUT2D eigenvalue weighted by molar-refractivity contribution is 5.69. The summed E-state index contributed by atoms with van der Waals surface area (Å²) in [5.41, 5.74) is 6.13. The molecule has 0 aromatic carbocycles. The van der Waals surface area contributed by atoms with Crippen LogP contribution < -0.4 is 0 Å². The van der Waals surface area contributed by atoms with Gasteiger partial charge in [-0.2, -0.15) is 0 Å². The fourth-order valence-corrected chi connectivity index (χ4v) is 4.34. The summed E-state index contributed by atoms with van der Waals surface area (Å²) in [6, 6.07) is -0.126. The molecular formula is C30H41N3O3. The average Bonchev–Trinajstić information content (AvgIpc) is 3.44. The Kier molecular flexibility index (Phi) is 8.17. The summed E-state index contributed by atoms with van der Waals surface area (Å²) in [5, 5.41) is 0. The van der Waals surface area contributed by atoms with Gasteiger partial charge in [0.2, 0.25) is 0 Å². The lowest BCUT2D eigenvalue weighted by molar-refractivity contribution is 0.0213. The number of hydrogen-bond acceptors (Lipinski definition) is 4. The molecule has 36 heavy (non-hydrogen) atoms. The second kappa shape index (κ2) is 10.8. The number of aromatic nitrogens is 2. The quantitative estimate of drug-likeness (QED) is 0.420. The number of rotatable bonds is 6. The van der Waals surface area contributed by atoms with Crippen molar-refractivity contribution >= 4 is 11.7 Å².